The van der Waals surface area contributed by atoms with Crippen LogP contribution < -0.4 is 10.9 Å². The minimum absolute atomic E-state index is 0.0955. The van der Waals surface area contributed by atoms with Crippen molar-refractivity contribution in [2.75, 3.05) is 5.32 Å². The first-order valence-electron chi connectivity index (χ1n) is 7.89. The van der Waals surface area contributed by atoms with Crippen molar-refractivity contribution < 1.29 is 4.79 Å². The summed E-state index contributed by atoms with van der Waals surface area (Å²) in [6.07, 6.45) is 3.54. The maximum absolute atomic E-state index is 12.3. The van der Waals surface area contributed by atoms with Crippen LogP contribution >= 0.6 is 0 Å². The molecule has 6 nitrogen and oxygen atoms in total. The molecule has 1 aromatic carbocycles. The molecular weight excluding hydrogens is 304 g/mol. The van der Waals surface area contributed by atoms with E-state index in [0.29, 0.717) is 11.7 Å². The molecule has 0 fully saturated rings. The molecule has 3 aromatic rings. The number of rotatable bonds is 4. The lowest BCUT2D eigenvalue weighted by atomic mass is 10.0. The number of aryl methyl sites for hydroxylation is 1. The van der Waals surface area contributed by atoms with Gasteiger partial charge in [-0.1, -0.05) is 26.0 Å². The zero-order valence-corrected chi connectivity index (χ0v) is 14.0. The number of nitrogens with one attached hydrogen (secondary N) is 1. The Morgan fingerprint density at radius 1 is 1.25 bits per heavy atom. The molecule has 2 heterocycles. The molecule has 0 unspecified atom stereocenters. The minimum Gasteiger partial charge on any atom is -0.325 e. The van der Waals surface area contributed by atoms with Gasteiger partial charge in [0.25, 0.3) is 5.56 Å². The van der Waals surface area contributed by atoms with Crippen molar-refractivity contribution >= 4 is 17.4 Å². The van der Waals surface area contributed by atoms with Gasteiger partial charge < -0.3 is 9.88 Å². The van der Waals surface area contributed by atoms with Gasteiger partial charge in [0.2, 0.25) is 11.7 Å². The molecule has 0 aliphatic heterocycles. The average Bonchev–Trinajstić information content (AvgIpc) is 2.90. The topological polar surface area (TPSA) is 68.4 Å². The Morgan fingerprint density at radius 2 is 2.04 bits per heavy atom. The summed E-state index contributed by atoms with van der Waals surface area (Å²) in [7, 11) is 0. The molecule has 0 atom stereocenters. The van der Waals surface area contributed by atoms with E-state index < -0.39 is 0 Å². The zero-order valence-electron chi connectivity index (χ0n) is 14.0. The normalized spacial score (nSPS) is 11.2. The molecule has 124 valence electrons. The van der Waals surface area contributed by atoms with Crippen LogP contribution in [0.3, 0.4) is 0 Å². The van der Waals surface area contributed by atoms with E-state index in [-0.39, 0.29) is 18.0 Å². The highest BCUT2D eigenvalue weighted by Crippen LogP contribution is 2.18. The number of fused-ring (bicyclic) bond motifs is 1. The van der Waals surface area contributed by atoms with Gasteiger partial charge in [-0.3, -0.25) is 14.0 Å². The van der Waals surface area contributed by atoms with Gasteiger partial charge in [0.15, 0.2) is 0 Å². The van der Waals surface area contributed by atoms with E-state index >= 15 is 0 Å². The lowest BCUT2D eigenvalue weighted by Gasteiger charge is -2.10. The van der Waals surface area contributed by atoms with Crippen molar-refractivity contribution in [2.24, 2.45) is 0 Å². The molecule has 0 saturated carbocycles. The molecule has 0 aliphatic rings. The van der Waals surface area contributed by atoms with Crippen molar-refractivity contribution in [2.45, 2.75) is 33.2 Å². The van der Waals surface area contributed by atoms with E-state index in [0.717, 1.165) is 11.4 Å². The summed E-state index contributed by atoms with van der Waals surface area (Å²) in [5, 5.41) is 2.89. The van der Waals surface area contributed by atoms with Crippen LogP contribution in [0.25, 0.3) is 5.78 Å². The average molecular weight is 324 g/mol. The molecule has 1 amide bonds. The number of carbonyl (C=O) groups is 1. The van der Waals surface area contributed by atoms with Gasteiger partial charge in [0.1, 0.15) is 6.54 Å². The number of carbonyl (C=O) groups excluding carboxylic acids is 1. The van der Waals surface area contributed by atoms with Crippen LogP contribution in [0.4, 0.5) is 5.69 Å². The minimum atomic E-state index is -0.308. The van der Waals surface area contributed by atoms with Crippen molar-refractivity contribution in [3.8, 4) is 0 Å². The van der Waals surface area contributed by atoms with Crippen LogP contribution in [0.2, 0.25) is 0 Å². The Morgan fingerprint density at radius 3 is 2.79 bits per heavy atom. The monoisotopic (exact) mass is 324 g/mol. The molecular formula is C18H20N4O2. The number of benzene rings is 1. The van der Waals surface area contributed by atoms with E-state index in [2.05, 4.69) is 24.1 Å². The Kier molecular flexibility index (Phi) is 4.20. The highest BCUT2D eigenvalue weighted by atomic mass is 16.2. The maximum Gasteiger partial charge on any atom is 0.274 e. The number of aromatic nitrogens is 3. The highest BCUT2D eigenvalue weighted by molar-refractivity contribution is 5.90. The van der Waals surface area contributed by atoms with E-state index in [1.54, 1.807) is 21.4 Å². The van der Waals surface area contributed by atoms with Gasteiger partial charge in [-0.05, 0) is 30.5 Å². The van der Waals surface area contributed by atoms with Crippen molar-refractivity contribution in [1.82, 2.24) is 14.0 Å². The summed E-state index contributed by atoms with van der Waals surface area (Å²) in [6, 6.07) is 9.28. The van der Waals surface area contributed by atoms with Crippen LogP contribution in [-0.2, 0) is 11.3 Å². The quantitative estimate of drug-likeness (QED) is 0.802. The second-order valence-electron chi connectivity index (χ2n) is 6.16. The lowest BCUT2D eigenvalue weighted by molar-refractivity contribution is -0.116. The standard InChI is InChI=1S/C18H20N4O2/c1-12(2)14-5-4-6-15(10-14)19-17(24)11-21-7-8-22-13(3)9-16(23)20-18(21)22/h4-10,12H,11H2,1-3H3,(H,19,24). The smallest absolute Gasteiger partial charge is 0.274 e. The van der Waals surface area contributed by atoms with Crippen LogP contribution in [0, 0.1) is 6.92 Å². The molecule has 1 N–H and O–H groups in total. The first-order chi connectivity index (χ1) is 11.4. The fourth-order valence-corrected chi connectivity index (χ4v) is 2.65. The molecule has 0 bridgehead atoms. The number of amides is 1. The predicted molar refractivity (Wildman–Crippen MR) is 93.3 cm³/mol. The van der Waals surface area contributed by atoms with Crippen LogP contribution in [-0.4, -0.2) is 19.9 Å². The molecule has 0 saturated heterocycles. The highest BCUT2D eigenvalue weighted by Gasteiger charge is 2.10. The van der Waals surface area contributed by atoms with E-state index in [4.69, 9.17) is 0 Å². The number of anilines is 1. The number of hydrogen-bond acceptors (Lipinski definition) is 3. The van der Waals surface area contributed by atoms with Crippen molar-refractivity contribution in [1.29, 1.82) is 0 Å². The summed E-state index contributed by atoms with van der Waals surface area (Å²) in [6.45, 7) is 6.15. The molecule has 0 spiro atoms. The SMILES string of the molecule is Cc1cc(=O)nc2n(CC(=O)Nc3cccc(C(C)C)c3)ccn12. The Hall–Kier alpha value is -2.89. The largest absolute Gasteiger partial charge is 0.325 e. The van der Waals surface area contributed by atoms with Gasteiger partial charge in [-0.2, -0.15) is 4.98 Å². The first kappa shape index (κ1) is 16.0. The van der Waals surface area contributed by atoms with E-state index in [9.17, 15) is 9.59 Å². The Balaban J connectivity index is 1.81. The summed E-state index contributed by atoms with van der Waals surface area (Å²) in [5.41, 5.74) is 2.42. The molecule has 24 heavy (non-hydrogen) atoms. The second kappa shape index (κ2) is 6.31. The molecule has 0 radical (unpaired) electrons. The van der Waals surface area contributed by atoms with Gasteiger partial charge in [-0.25, -0.2) is 0 Å². The molecule has 3 rings (SSSR count). The number of nitrogens with zero attached hydrogens (tertiary/aromatic N) is 3. The summed E-state index contributed by atoms with van der Waals surface area (Å²) < 4.78 is 3.45. The van der Waals surface area contributed by atoms with E-state index in [1.807, 2.05) is 31.2 Å². The third-order valence-electron chi connectivity index (χ3n) is 3.94. The summed E-state index contributed by atoms with van der Waals surface area (Å²) in [4.78, 5) is 27.9. The van der Waals surface area contributed by atoms with Gasteiger partial charge in [-0.15, -0.1) is 0 Å². The molecule has 2 aromatic heterocycles. The van der Waals surface area contributed by atoms with Crippen LogP contribution in [0.1, 0.15) is 31.0 Å². The van der Waals surface area contributed by atoms with Gasteiger partial charge in [0, 0.05) is 29.8 Å². The van der Waals surface area contributed by atoms with Crippen LogP contribution in [0.15, 0.2) is 47.5 Å². The fourth-order valence-electron chi connectivity index (χ4n) is 2.65. The van der Waals surface area contributed by atoms with Gasteiger partial charge in [0.05, 0.1) is 0 Å². The number of hydrogen-bond donors (Lipinski definition) is 1. The third-order valence-corrected chi connectivity index (χ3v) is 3.94. The van der Waals surface area contributed by atoms with Crippen molar-refractivity contribution in [3.05, 3.63) is 64.3 Å². The third kappa shape index (κ3) is 3.22. The predicted octanol–water partition coefficient (Wildman–Crippen LogP) is 2.57. The fraction of sp³-hybridized carbons (Fsp3) is 0.278. The molecule has 6 heteroatoms. The first-order valence-corrected chi connectivity index (χ1v) is 7.89. The molecule has 0 aliphatic carbocycles. The van der Waals surface area contributed by atoms with E-state index in [1.165, 1.54) is 11.6 Å². The van der Waals surface area contributed by atoms with Crippen molar-refractivity contribution in [3.63, 3.8) is 0 Å². The lowest BCUT2D eigenvalue weighted by Crippen LogP contribution is -2.20. The zero-order chi connectivity index (χ0) is 17.3. The maximum atomic E-state index is 12.3. The number of imidazole rings is 1. The van der Waals surface area contributed by atoms with Gasteiger partial charge >= 0.3 is 0 Å². The van der Waals surface area contributed by atoms with Crippen LogP contribution in [0.5, 0.6) is 0 Å². The summed E-state index contributed by atoms with van der Waals surface area (Å²) in [5.74, 6) is 0.699. The summed E-state index contributed by atoms with van der Waals surface area (Å²) >= 11 is 0. The second-order valence-corrected chi connectivity index (χ2v) is 6.16. The Bertz CT molecular complexity index is 953. The Labute approximate surface area is 139 Å².